The molecule has 6 heteroatoms. The van der Waals surface area contributed by atoms with Gasteiger partial charge in [0.05, 0.1) is 19.4 Å². The molecule has 0 saturated carbocycles. The molecular formula is C15H13N3O2S. The van der Waals surface area contributed by atoms with Crippen molar-refractivity contribution in [2.45, 2.75) is 0 Å². The Morgan fingerprint density at radius 2 is 2.10 bits per heavy atom. The number of thiazole rings is 1. The van der Waals surface area contributed by atoms with E-state index in [1.54, 1.807) is 17.3 Å². The number of nitrogens with zero attached hydrogens (tertiary/aromatic N) is 3. The van der Waals surface area contributed by atoms with E-state index in [9.17, 15) is 4.79 Å². The van der Waals surface area contributed by atoms with Crippen LogP contribution in [0, 0.1) is 11.8 Å². The van der Waals surface area contributed by atoms with Gasteiger partial charge in [0.15, 0.2) is 5.01 Å². The van der Waals surface area contributed by atoms with Gasteiger partial charge < -0.3 is 9.64 Å². The van der Waals surface area contributed by atoms with Crippen molar-refractivity contribution in [1.29, 1.82) is 0 Å². The molecule has 5 nitrogen and oxygen atoms in total. The molecule has 0 bridgehead atoms. The molecule has 0 unspecified atom stereocenters. The van der Waals surface area contributed by atoms with Crippen molar-refractivity contribution in [3.63, 3.8) is 0 Å². The summed E-state index contributed by atoms with van der Waals surface area (Å²) in [4.78, 5) is 23.0. The summed E-state index contributed by atoms with van der Waals surface area (Å²) in [6.07, 6.45) is 3.28. The Balaban J connectivity index is 1.71. The number of aromatic nitrogens is 2. The van der Waals surface area contributed by atoms with Crippen LogP contribution in [0.4, 0.5) is 0 Å². The molecule has 0 radical (unpaired) electrons. The fraction of sp³-hybridized carbons (Fsp3) is 0.267. The summed E-state index contributed by atoms with van der Waals surface area (Å²) in [6, 6.07) is 5.56. The third-order valence-corrected chi connectivity index (χ3v) is 3.88. The maximum atomic E-state index is 12.3. The first-order chi connectivity index (χ1) is 10.3. The quantitative estimate of drug-likeness (QED) is 0.747. The number of hydrogen-bond donors (Lipinski definition) is 0. The van der Waals surface area contributed by atoms with Gasteiger partial charge in [-0.15, -0.1) is 11.3 Å². The zero-order valence-corrected chi connectivity index (χ0v) is 12.1. The molecule has 1 amide bonds. The topological polar surface area (TPSA) is 55.3 Å². The Kier molecular flexibility index (Phi) is 4.24. The van der Waals surface area contributed by atoms with Crippen LogP contribution in [0.15, 0.2) is 30.6 Å². The van der Waals surface area contributed by atoms with E-state index in [0.29, 0.717) is 41.9 Å². The molecule has 0 aromatic carbocycles. The minimum atomic E-state index is 0.00156. The van der Waals surface area contributed by atoms with E-state index in [1.165, 1.54) is 11.3 Å². The highest BCUT2D eigenvalue weighted by molar-refractivity contribution is 7.14. The summed E-state index contributed by atoms with van der Waals surface area (Å²) in [5.41, 5.74) is 0.689. The molecule has 106 valence electrons. The number of amides is 1. The highest BCUT2D eigenvalue weighted by atomic mass is 32.1. The standard InChI is InChI=1S/C15H13N3O2S/c19-15(18-7-9-20-10-8-18)13-11-17-14(21-13)5-4-12-3-1-2-6-16-12/h1-3,6,11H,7-10H2. The lowest BCUT2D eigenvalue weighted by molar-refractivity contribution is 0.0306. The number of ether oxygens (including phenoxy) is 1. The Hall–Kier alpha value is -2.23. The molecule has 1 aliphatic heterocycles. The van der Waals surface area contributed by atoms with Gasteiger partial charge in [0, 0.05) is 19.3 Å². The average molecular weight is 299 g/mol. The normalized spacial score (nSPS) is 14.4. The van der Waals surface area contributed by atoms with E-state index in [-0.39, 0.29) is 5.91 Å². The SMILES string of the molecule is O=C(c1cnc(C#Cc2ccccn2)s1)N1CCOCC1. The van der Waals surface area contributed by atoms with E-state index in [2.05, 4.69) is 21.8 Å². The molecule has 1 aliphatic rings. The Morgan fingerprint density at radius 1 is 1.24 bits per heavy atom. The lowest BCUT2D eigenvalue weighted by Crippen LogP contribution is -2.40. The summed E-state index contributed by atoms with van der Waals surface area (Å²) >= 11 is 1.31. The van der Waals surface area contributed by atoms with E-state index < -0.39 is 0 Å². The monoisotopic (exact) mass is 299 g/mol. The number of morpholine rings is 1. The van der Waals surface area contributed by atoms with Crippen molar-refractivity contribution in [2.75, 3.05) is 26.3 Å². The molecular weight excluding hydrogens is 286 g/mol. The molecule has 1 saturated heterocycles. The number of carbonyl (C=O) groups excluding carboxylic acids is 1. The van der Waals surface area contributed by atoms with Crippen LogP contribution in [0.3, 0.4) is 0 Å². The van der Waals surface area contributed by atoms with Gasteiger partial charge in [-0.05, 0) is 24.0 Å². The molecule has 2 aromatic heterocycles. The first kappa shape index (κ1) is 13.7. The molecule has 0 spiro atoms. The smallest absolute Gasteiger partial charge is 0.265 e. The first-order valence-electron chi connectivity index (χ1n) is 6.59. The second-order valence-corrected chi connectivity index (χ2v) is 5.43. The van der Waals surface area contributed by atoms with Gasteiger partial charge in [-0.25, -0.2) is 9.97 Å². The third kappa shape index (κ3) is 3.45. The molecule has 2 aromatic rings. The maximum absolute atomic E-state index is 12.3. The number of carbonyl (C=O) groups is 1. The van der Waals surface area contributed by atoms with E-state index >= 15 is 0 Å². The van der Waals surface area contributed by atoms with Crippen LogP contribution in [0.1, 0.15) is 20.4 Å². The molecule has 3 rings (SSSR count). The molecule has 0 atom stereocenters. The average Bonchev–Trinajstić information content (AvgIpc) is 3.03. The Morgan fingerprint density at radius 3 is 2.86 bits per heavy atom. The number of pyridine rings is 1. The third-order valence-electron chi connectivity index (χ3n) is 2.98. The van der Waals surface area contributed by atoms with Crippen molar-refractivity contribution in [3.05, 3.63) is 46.2 Å². The zero-order valence-electron chi connectivity index (χ0n) is 11.3. The van der Waals surface area contributed by atoms with E-state index in [4.69, 9.17) is 4.74 Å². The molecule has 3 heterocycles. The van der Waals surface area contributed by atoms with Gasteiger partial charge in [0.25, 0.3) is 5.91 Å². The van der Waals surface area contributed by atoms with Crippen LogP contribution in [-0.2, 0) is 4.74 Å². The van der Waals surface area contributed by atoms with Crippen LogP contribution >= 0.6 is 11.3 Å². The minimum Gasteiger partial charge on any atom is -0.378 e. The molecule has 0 aliphatic carbocycles. The van der Waals surface area contributed by atoms with Crippen LogP contribution in [0.2, 0.25) is 0 Å². The Bertz CT molecular complexity index is 682. The molecule has 21 heavy (non-hydrogen) atoms. The van der Waals surface area contributed by atoms with Crippen LogP contribution in [0.25, 0.3) is 0 Å². The highest BCUT2D eigenvalue weighted by Gasteiger charge is 2.20. The summed E-state index contributed by atoms with van der Waals surface area (Å²) in [7, 11) is 0. The van der Waals surface area contributed by atoms with E-state index in [1.807, 2.05) is 18.2 Å². The van der Waals surface area contributed by atoms with Gasteiger partial charge in [-0.1, -0.05) is 6.07 Å². The van der Waals surface area contributed by atoms with Crippen molar-refractivity contribution in [1.82, 2.24) is 14.9 Å². The lowest BCUT2D eigenvalue weighted by Gasteiger charge is -2.26. The largest absolute Gasteiger partial charge is 0.378 e. The molecule has 0 N–H and O–H groups in total. The number of rotatable bonds is 1. The summed E-state index contributed by atoms with van der Waals surface area (Å²) < 4.78 is 5.24. The zero-order chi connectivity index (χ0) is 14.5. The summed E-state index contributed by atoms with van der Waals surface area (Å²) in [6.45, 7) is 2.45. The minimum absolute atomic E-state index is 0.00156. The second kappa shape index (κ2) is 6.48. The summed E-state index contributed by atoms with van der Waals surface area (Å²) in [5, 5.41) is 0.622. The van der Waals surface area contributed by atoms with Crippen molar-refractivity contribution in [3.8, 4) is 11.8 Å². The Labute approximate surface area is 126 Å². The lowest BCUT2D eigenvalue weighted by atomic mass is 10.3. The van der Waals surface area contributed by atoms with Crippen LogP contribution in [0.5, 0.6) is 0 Å². The fourth-order valence-corrected chi connectivity index (χ4v) is 2.64. The predicted molar refractivity (Wildman–Crippen MR) is 79.1 cm³/mol. The van der Waals surface area contributed by atoms with Gasteiger partial charge in [-0.2, -0.15) is 0 Å². The number of hydrogen-bond acceptors (Lipinski definition) is 5. The van der Waals surface area contributed by atoms with Crippen molar-refractivity contribution < 1.29 is 9.53 Å². The second-order valence-electron chi connectivity index (χ2n) is 4.40. The summed E-state index contributed by atoms with van der Waals surface area (Å²) in [5.74, 6) is 5.87. The van der Waals surface area contributed by atoms with Crippen LogP contribution in [-0.4, -0.2) is 47.1 Å². The first-order valence-corrected chi connectivity index (χ1v) is 7.40. The molecule has 1 fully saturated rings. The fourth-order valence-electron chi connectivity index (χ4n) is 1.91. The van der Waals surface area contributed by atoms with E-state index in [0.717, 1.165) is 0 Å². The van der Waals surface area contributed by atoms with Crippen molar-refractivity contribution >= 4 is 17.2 Å². The van der Waals surface area contributed by atoms with Gasteiger partial charge in [0.2, 0.25) is 0 Å². The predicted octanol–water partition coefficient (Wildman–Crippen LogP) is 1.41. The van der Waals surface area contributed by atoms with Crippen LogP contribution < -0.4 is 0 Å². The highest BCUT2D eigenvalue weighted by Crippen LogP contribution is 2.15. The maximum Gasteiger partial charge on any atom is 0.265 e. The van der Waals surface area contributed by atoms with Gasteiger partial charge in [0.1, 0.15) is 10.6 Å². The van der Waals surface area contributed by atoms with Crippen molar-refractivity contribution in [2.24, 2.45) is 0 Å². The van der Waals surface area contributed by atoms with Gasteiger partial charge in [-0.3, -0.25) is 4.79 Å². The van der Waals surface area contributed by atoms with Gasteiger partial charge >= 0.3 is 0 Å².